The van der Waals surface area contributed by atoms with Gasteiger partial charge in [-0.05, 0) is 237 Å². The second-order valence-electron chi connectivity index (χ2n) is 44.6. The van der Waals surface area contributed by atoms with E-state index >= 15 is 0 Å². The first-order valence-electron chi connectivity index (χ1n) is 52.0. The van der Waals surface area contributed by atoms with Crippen LogP contribution in [0.4, 0.5) is 19.2 Å². The van der Waals surface area contributed by atoms with E-state index in [4.69, 9.17) is 46.9 Å². The van der Waals surface area contributed by atoms with E-state index in [1.54, 1.807) is 14.7 Å². The van der Waals surface area contributed by atoms with E-state index in [0.29, 0.717) is 117 Å². The van der Waals surface area contributed by atoms with Crippen LogP contribution in [-0.2, 0) is 92.5 Å². The first-order chi connectivity index (χ1) is 66.7. The number of hydrogen-bond acceptors (Lipinski definition) is 25. The number of nitrogens with one attached hydrogen (secondary N) is 5. The molecule has 36 heteroatoms. The van der Waals surface area contributed by atoms with Gasteiger partial charge in [0.15, 0.2) is 0 Å². The highest BCUT2D eigenvalue weighted by Gasteiger charge is 2.72. The average molecular weight is 1920 g/mol. The minimum absolute atomic E-state index is 0.00218. The standard InChI is InChI=1S/C36H46BN3O7.C23H26N2O5.C20H34BN3O3.C14H24BNO2.C10H20BN3O3/c1-35(2)27-19-29(35)36(3)30(20-27)46-37(47-36)31-15-10-17-39(31)32(41)22-40(34(43)45-24-26-13-8-5-9-14-26)28-16-18-38(21-28)33(42)44-23-25-11-6-4-7-12-25;1-18(26)14-25(23(28)30-17-20-10-6-3-7-11-20)21-12-13-24(15-21)22(27)29-16-19-8-4-2-5-9-19;1-19(2)13-9-15(19)20(3)16(10-13)26-21(27-20)17-5-4-8-24(17)18(25)12-23-14-6-7-22-11-14;1-13(2)9-7-10(13)14(3)11(8-9)17-15(18-14)12-5-4-6-16-12;15-10(7-13-8-3-4-12-6-8)14-5-1-2-9(14)11(16)17/h4-9,11-14,27-31H,10,15-24H2,1-3H3;2-11,21H,12-17H2,1H3;13-17,22-23H,4-12H2,1-3H3;9-12,16H,4-8H2,1-3H3;8-9,12-13,16-17H,1-7H2/t27-,28+,29-,30+,31-,36-;21-;13-,14+,15-,16+,17-,20-;9-,10-,11+,12-,14-;8-,9+/m01001/s1. The van der Waals surface area contributed by atoms with E-state index in [1.165, 1.54) is 55.2 Å². The summed E-state index contributed by atoms with van der Waals surface area (Å²) < 4.78 is 61.2. The van der Waals surface area contributed by atoms with E-state index in [0.717, 1.165) is 131 Å². The van der Waals surface area contributed by atoms with Crippen molar-refractivity contribution < 1.29 is 95.3 Å². The van der Waals surface area contributed by atoms with Crippen molar-refractivity contribution in [1.29, 1.82) is 0 Å². The third kappa shape index (κ3) is 22.7. The summed E-state index contributed by atoms with van der Waals surface area (Å²) in [5, 5.41) is 35.1. The van der Waals surface area contributed by atoms with Crippen LogP contribution < -0.4 is 26.6 Å². The molecule has 7 amide bonds. The lowest BCUT2D eigenvalue weighted by Crippen LogP contribution is -2.65. The Balaban J connectivity index is 0.000000126. The molecule has 9 aliphatic carbocycles. The van der Waals surface area contributed by atoms with Gasteiger partial charge in [-0.25, -0.2) is 19.2 Å². The number of nitrogens with zero attached hydrogens (tertiary/aromatic N) is 7. The molecule has 9 saturated carbocycles. The highest BCUT2D eigenvalue weighted by atomic mass is 16.7. The normalized spacial score (nSPS) is 32.8. The van der Waals surface area contributed by atoms with Crippen molar-refractivity contribution in [1.82, 2.24) is 60.9 Å². The Hall–Kier alpha value is -8.22. The van der Waals surface area contributed by atoms with Crippen molar-refractivity contribution >= 4 is 76.4 Å². The summed E-state index contributed by atoms with van der Waals surface area (Å²) in [6, 6.07) is 37.9. The number of carbonyl (C=O) groups is 8. The molecule has 11 saturated heterocycles. The van der Waals surface area contributed by atoms with Gasteiger partial charge in [0.2, 0.25) is 17.7 Å². The molecule has 7 N–H and O–H groups in total. The summed E-state index contributed by atoms with van der Waals surface area (Å²) >= 11 is 0. The van der Waals surface area contributed by atoms with E-state index in [2.05, 4.69) is 88.9 Å². The van der Waals surface area contributed by atoms with Crippen molar-refractivity contribution in [3.8, 4) is 0 Å². The number of likely N-dealkylation sites (tertiary alicyclic amines) is 5. The summed E-state index contributed by atoms with van der Waals surface area (Å²) in [5.74, 6) is 3.66. The number of hydrogen-bond donors (Lipinski definition) is 7. The van der Waals surface area contributed by atoms with Crippen molar-refractivity contribution in [3.05, 3.63) is 144 Å². The first-order valence-corrected chi connectivity index (χ1v) is 52.0. The third-order valence-electron chi connectivity index (χ3n) is 35.1. The van der Waals surface area contributed by atoms with Crippen LogP contribution in [0.15, 0.2) is 121 Å². The molecule has 0 radical (unpaired) electrons. The highest BCUT2D eigenvalue weighted by molar-refractivity contribution is 6.49. The first kappa shape index (κ1) is 102. The number of Topliss-reactive ketones (excluding diaryl/α,β-unsaturated/α-hetero) is 1. The van der Waals surface area contributed by atoms with Crippen LogP contribution in [0.3, 0.4) is 0 Å². The molecule has 32 nitrogen and oxygen atoms in total. The van der Waals surface area contributed by atoms with Gasteiger partial charge in [0.05, 0.1) is 84.7 Å². The van der Waals surface area contributed by atoms with Gasteiger partial charge in [-0.3, -0.25) is 29.0 Å². The molecule has 754 valence electrons. The van der Waals surface area contributed by atoms with Crippen molar-refractivity contribution in [2.75, 3.05) is 105 Å². The van der Waals surface area contributed by atoms with Gasteiger partial charge in [-0.2, -0.15) is 0 Å². The highest BCUT2D eigenvalue weighted by Crippen LogP contribution is 2.69. The largest absolute Gasteiger partial charge is 0.481 e. The molecule has 20 atom stereocenters. The molecule has 4 aromatic rings. The molecule has 0 spiro atoms. The van der Waals surface area contributed by atoms with Gasteiger partial charge in [-0.15, -0.1) is 0 Å². The average Bonchev–Trinajstić information content (AvgIpc) is 1.60. The molecule has 6 bridgehead atoms. The van der Waals surface area contributed by atoms with Crippen LogP contribution >= 0.6 is 0 Å². The summed E-state index contributed by atoms with van der Waals surface area (Å²) in [4.78, 5) is 114. The Morgan fingerprint density at radius 3 is 1.19 bits per heavy atom. The van der Waals surface area contributed by atoms with Gasteiger partial charge in [0.25, 0.3) is 0 Å². The molecule has 0 aromatic heterocycles. The van der Waals surface area contributed by atoms with E-state index < -0.39 is 44.6 Å². The molecule has 139 heavy (non-hydrogen) atoms. The maximum atomic E-state index is 14.1. The number of carbonyl (C=O) groups excluding carboxylic acids is 8. The maximum absolute atomic E-state index is 14.1. The van der Waals surface area contributed by atoms with Gasteiger partial charge in [0, 0.05) is 76.9 Å². The van der Waals surface area contributed by atoms with Gasteiger partial charge >= 0.3 is 52.8 Å². The molecule has 20 aliphatic rings. The van der Waals surface area contributed by atoms with Crippen LogP contribution in [0.5, 0.6) is 0 Å². The lowest BCUT2D eigenvalue weighted by atomic mass is 9.43. The molecule has 4 aromatic carbocycles. The lowest BCUT2D eigenvalue weighted by molar-refractivity contribution is -0.199. The number of ether oxygens (including phenoxy) is 4. The number of rotatable bonds is 24. The predicted molar refractivity (Wildman–Crippen MR) is 525 cm³/mol. The zero-order chi connectivity index (χ0) is 97.7. The topological polar surface area (TPSA) is 352 Å². The minimum Gasteiger partial charge on any atom is -0.445 e. The van der Waals surface area contributed by atoms with Crippen molar-refractivity contribution in [2.45, 2.75) is 294 Å². The van der Waals surface area contributed by atoms with E-state index in [-0.39, 0.29) is 149 Å². The lowest BCUT2D eigenvalue weighted by Gasteiger charge is -2.64. The molecular formula is C103H150B4N12O20. The molecule has 11 aliphatic heterocycles. The quantitative estimate of drug-likeness (QED) is 0.0253. The SMILES string of the molecule is CC(=O)CN(C(=O)OCc1ccccc1)[C@@H]1CCN(C(=O)OCc2ccccc2)C1.CC1(C)[C@@H]2C[C@H]3OB([C@@H]4CCCN4)O[C@@]3(C)[C@H]1C2.CC1(C)[C@@H]2C[C@H]3OB([C@@H]4CCCN4C(=O)CN(C(=O)OCc4ccccc4)[C@@H]4CCN(C(=O)OCc5ccccc5)C4)O[C@@]3(C)[C@H]1C2.CC1(C)[C@@H]2C[C@H]3OB([C@@H]4CCCN4C(=O)CN[C@@H]4CCNC4)O[C@@]3(C)[C@H]1C2.O=C(CN[C@@H]1CCNC1)N1CCC[C@H]1B(O)O. The zero-order valence-electron chi connectivity index (χ0n) is 83.4. The smallest absolute Gasteiger partial charge is 0.445 e. The second-order valence-corrected chi connectivity index (χ2v) is 44.6. The maximum Gasteiger partial charge on any atom is 0.481 e. The van der Waals surface area contributed by atoms with Gasteiger partial charge < -0.3 is 108 Å². The van der Waals surface area contributed by atoms with Crippen molar-refractivity contribution in [3.63, 3.8) is 0 Å². The summed E-state index contributed by atoms with van der Waals surface area (Å²) in [6.45, 7) is 32.1. The number of ketones is 1. The Bertz CT molecular complexity index is 4840. The van der Waals surface area contributed by atoms with Crippen LogP contribution in [0.1, 0.15) is 207 Å². The fourth-order valence-corrected chi connectivity index (χ4v) is 26.4. The summed E-state index contributed by atoms with van der Waals surface area (Å²) in [5.41, 5.74) is 4.00. The van der Waals surface area contributed by atoms with Crippen molar-refractivity contribution in [2.24, 2.45) is 51.8 Å². The van der Waals surface area contributed by atoms with E-state index in [1.807, 2.05) is 131 Å². The number of amides is 7. The van der Waals surface area contributed by atoms with Crippen LogP contribution in [0.25, 0.3) is 0 Å². The van der Waals surface area contributed by atoms with Gasteiger partial charge in [-0.1, -0.05) is 163 Å². The van der Waals surface area contributed by atoms with Crippen LogP contribution in [0, 0.1) is 51.8 Å². The fourth-order valence-electron chi connectivity index (χ4n) is 26.4. The second kappa shape index (κ2) is 44.2. The zero-order valence-corrected chi connectivity index (χ0v) is 83.4. The number of benzene rings is 4. The molecular weight excluding hydrogens is 1770 g/mol. The Morgan fingerprint density at radius 2 is 0.806 bits per heavy atom. The predicted octanol–water partition coefficient (Wildman–Crippen LogP) is 10.1. The van der Waals surface area contributed by atoms with Gasteiger partial charge in [0.1, 0.15) is 38.8 Å². The molecule has 24 rings (SSSR count). The molecule has 0 unspecified atom stereocenters. The summed E-state index contributed by atoms with van der Waals surface area (Å²) in [6.07, 6.45) is 16.5. The Labute approximate surface area is 822 Å². The third-order valence-corrected chi connectivity index (χ3v) is 35.1. The van der Waals surface area contributed by atoms with E-state index in [9.17, 15) is 48.4 Å². The summed E-state index contributed by atoms with van der Waals surface area (Å²) in [7, 11) is -2.16. The van der Waals surface area contributed by atoms with Crippen LogP contribution in [-0.4, -0.2) is 308 Å². The Morgan fingerprint density at radius 1 is 0.432 bits per heavy atom. The fraction of sp³-hybridized carbons (Fsp3) is 0.689. The Kier molecular flexibility index (Phi) is 32.5. The van der Waals surface area contributed by atoms with Crippen LogP contribution in [0.2, 0.25) is 0 Å². The molecule has 20 fully saturated rings. The monoisotopic (exact) mass is 1920 g/mol. The minimum atomic E-state index is -1.42. The molecule has 11 heterocycles.